The highest BCUT2D eigenvalue weighted by molar-refractivity contribution is 7.19. The van der Waals surface area contributed by atoms with Crippen LogP contribution in [0.5, 0.6) is 0 Å². The lowest BCUT2D eigenvalue weighted by Gasteiger charge is -2.08. The molecule has 124 valence electrons. The molecule has 3 heterocycles. The third-order valence-corrected chi connectivity index (χ3v) is 5.00. The van der Waals surface area contributed by atoms with Gasteiger partial charge in [-0.05, 0) is 24.3 Å². The number of amides is 1. The Bertz CT molecular complexity index is 1090. The van der Waals surface area contributed by atoms with E-state index in [0.29, 0.717) is 15.7 Å². The summed E-state index contributed by atoms with van der Waals surface area (Å²) >= 11 is 7.47. The van der Waals surface area contributed by atoms with E-state index in [-0.39, 0.29) is 5.91 Å². The maximum atomic E-state index is 12.8. The SMILES string of the molecule is Cn1ccc(NC(=O)c2cc(-c3ccc(Cl)s3)nc3ccccc23)n1. The smallest absolute Gasteiger partial charge is 0.257 e. The quantitative estimate of drug-likeness (QED) is 0.574. The van der Waals surface area contributed by atoms with Crippen molar-refractivity contribution in [1.82, 2.24) is 14.8 Å². The second-order valence-corrected chi connectivity index (χ2v) is 7.22. The van der Waals surface area contributed by atoms with Crippen molar-refractivity contribution >= 4 is 45.6 Å². The van der Waals surface area contributed by atoms with Gasteiger partial charge in [-0.2, -0.15) is 5.10 Å². The molecule has 5 nitrogen and oxygen atoms in total. The molecule has 0 aliphatic carbocycles. The van der Waals surface area contributed by atoms with E-state index in [0.717, 1.165) is 21.5 Å². The number of aromatic nitrogens is 3. The first-order chi connectivity index (χ1) is 12.1. The number of hydrogen-bond donors (Lipinski definition) is 1. The fourth-order valence-electron chi connectivity index (χ4n) is 2.61. The zero-order valence-electron chi connectivity index (χ0n) is 13.2. The molecular formula is C18H13ClN4OS. The van der Waals surface area contributed by atoms with E-state index in [4.69, 9.17) is 11.6 Å². The molecule has 0 saturated heterocycles. The van der Waals surface area contributed by atoms with Crippen molar-refractivity contribution in [3.8, 4) is 10.6 Å². The lowest BCUT2D eigenvalue weighted by Crippen LogP contribution is -2.13. The second-order valence-electron chi connectivity index (χ2n) is 5.50. The number of fused-ring (bicyclic) bond motifs is 1. The molecule has 0 unspecified atom stereocenters. The predicted molar refractivity (Wildman–Crippen MR) is 101 cm³/mol. The molecule has 0 fully saturated rings. The molecule has 4 aromatic rings. The summed E-state index contributed by atoms with van der Waals surface area (Å²) in [6.45, 7) is 0. The van der Waals surface area contributed by atoms with Crippen molar-refractivity contribution in [3.05, 3.63) is 64.6 Å². The van der Waals surface area contributed by atoms with Gasteiger partial charge in [0.2, 0.25) is 0 Å². The van der Waals surface area contributed by atoms with Gasteiger partial charge in [0.1, 0.15) is 0 Å². The Morgan fingerprint density at radius 2 is 2.04 bits per heavy atom. The van der Waals surface area contributed by atoms with Crippen molar-refractivity contribution in [2.24, 2.45) is 7.05 Å². The highest BCUT2D eigenvalue weighted by Crippen LogP contribution is 2.32. The maximum Gasteiger partial charge on any atom is 0.257 e. The highest BCUT2D eigenvalue weighted by atomic mass is 35.5. The lowest BCUT2D eigenvalue weighted by atomic mass is 10.1. The number of anilines is 1. The third kappa shape index (κ3) is 3.14. The number of rotatable bonds is 3. The minimum absolute atomic E-state index is 0.221. The van der Waals surface area contributed by atoms with Gasteiger partial charge in [-0.1, -0.05) is 29.8 Å². The van der Waals surface area contributed by atoms with Crippen molar-refractivity contribution in [2.75, 3.05) is 5.32 Å². The van der Waals surface area contributed by atoms with Crippen LogP contribution in [0.2, 0.25) is 4.34 Å². The summed E-state index contributed by atoms with van der Waals surface area (Å²) in [6.07, 6.45) is 1.78. The number of carbonyl (C=O) groups excluding carboxylic acids is 1. The van der Waals surface area contributed by atoms with E-state index < -0.39 is 0 Å². The Labute approximate surface area is 152 Å². The van der Waals surface area contributed by atoms with Gasteiger partial charge < -0.3 is 5.32 Å². The number of carbonyl (C=O) groups is 1. The summed E-state index contributed by atoms with van der Waals surface area (Å²) in [4.78, 5) is 18.4. The van der Waals surface area contributed by atoms with E-state index >= 15 is 0 Å². The molecule has 25 heavy (non-hydrogen) atoms. The number of hydrogen-bond acceptors (Lipinski definition) is 4. The summed E-state index contributed by atoms with van der Waals surface area (Å²) in [7, 11) is 1.80. The van der Waals surface area contributed by atoms with Crippen LogP contribution in [0.15, 0.2) is 54.7 Å². The Morgan fingerprint density at radius 1 is 1.20 bits per heavy atom. The number of aryl methyl sites for hydroxylation is 1. The molecule has 3 aromatic heterocycles. The average molecular weight is 369 g/mol. The number of nitrogens with one attached hydrogen (secondary N) is 1. The van der Waals surface area contributed by atoms with Crippen LogP contribution in [-0.4, -0.2) is 20.7 Å². The van der Waals surface area contributed by atoms with Gasteiger partial charge in [0.15, 0.2) is 5.82 Å². The standard InChI is InChI=1S/C18H13ClN4OS/c1-23-9-8-17(22-23)21-18(24)12-10-14(15-6-7-16(19)25-15)20-13-5-3-2-4-11(12)13/h2-10H,1H3,(H,21,22,24). The predicted octanol–water partition coefficient (Wildman–Crippen LogP) is 4.60. The van der Waals surface area contributed by atoms with E-state index in [1.165, 1.54) is 11.3 Å². The van der Waals surface area contributed by atoms with Crippen LogP contribution in [0.25, 0.3) is 21.5 Å². The molecule has 0 spiro atoms. The van der Waals surface area contributed by atoms with Crippen LogP contribution in [-0.2, 0) is 7.05 Å². The first-order valence-corrected chi connectivity index (χ1v) is 8.76. The molecule has 0 aliphatic rings. The van der Waals surface area contributed by atoms with Gasteiger partial charge in [0.05, 0.1) is 26.0 Å². The topological polar surface area (TPSA) is 59.8 Å². The van der Waals surface area contributed by atoms with E-state index in [9.17, 15) is 4.79 Å². The highest BCUT2D eigenvalue weighted by Gasteiger charge is 2.15. The van der Waals surface area contributed by atoms with Gasteiger partial charge >= 0.3 is 0 Å². The Hall–Kier alpha value is -2.70. The molecule has 0 bridgehead atoms. The summed E-state index contributed by atoms with van der Waals surface area (Å²) < 4.78 is 2.32. The molecule has 0 aliphatic heterocycles. The summed E-state index contributed by atoms with van der Waals surface area (Å²) in [5.41, 5.74) is 2.04. The number of halogens is 1. The molecule has 0 atom stereocenters. The van der Waals surface area contributed by atoms with Gasteiger partial charge in [-0.3, -0.25) is 9.48 Å². The molecule has 1 amide bonds. The third-order valence-electron chi connectivity index (χ3n) is 3.74. The Balaban J connectivity index is 1.82. The number of thiophene rings is 1. The van der Waals surface area contributed by atoms with Gasteiger partial charge in [-0.25, -0.2) is 4.98 Å². The van der Waals surface area contributed by atoms with E-state index in [2.05, 4.69) is 15.4 Å². The number of para-hydroxylation sites is 1. The summed E-state index contributed by atoms with van der Waals surface area (Å²) in [5, 5.41) is 7.82. The van der Waals surface area contributed by atoms with Crippen LogP contribution in [0.1, 0.15) is 10.4 Å². The van der Waals surface area contributed by atoms with Crippen molar-refractivity contribution in [3.63, 3.8) is 0 Å². The Kier molecular flexibility index (Phi) is 3.99. The molecule has 0 saturated carbocycles. The minimum atomic E-state index is -0.221. The van der Waals surface area contributed by atoms with Gasteiger partial charge in [0, 0.05) is 24.7 Å². The normalized spacial score (nSPS) is 11.0. The van der Waals surface area contributed by atoms with Crippen LogP contribution in [0.3, 0.4) is 0 Å². The number of nitrogens with zero attached hydrogens (tertiary/aromatic N) is 3. The molecule has 7 heteroatoms. The second kappa shape index (κ2) is 6.31. The van der Waals surface area contributed by atoms with Crippen LogP contribution < -0.4 is 5.32 Å². The van der Waals surface area contributed by atoms with Crippen molar-refractivity contribution in [2.45, 2.75) is 0 Å². The van der Waals surface area contributed by atoms with Crippen LogP contribution in [0, 0.1) is 0 Å². The zero-order chi connectivity index (χ0) is 17.4. The van der Waals surface area contributed by atoms with Crippen molar-refractivity contribution in [1.29, 1.82) is 0 Å². The van der Waals surface area contributed by atoms with Crippen LogP contribution >= 0.6 is 22.9 Å². The number of pyridine rings is 1. The van der Waals surface area contributed by atoms with E-state index in [1.807, 2.05) is 36.4 Å². The summed E-state index contributed by atoms with van der Waals surface area (Å²) in [5.74, 6) is 0.287. The average Bonchev–Trinajstić information content (AvgIpc) is 3.22. The first-order valence-electron chi connectivity index (χ1n) is 7.56. The lowest BCUT2D eigenvalue weighted by molar-refractivity contribution is 0.102. The fourth-order valence-corrected chi connectivity index (χ4v) is 3.61. The van der Waals surface area contributed by atoms with Gasteiger partial charge in [-0.15, -0.1) is 11.3 Å². The fraction of sp³-hybridized carbons (Fsp3) is 0.0556. The maximum absolute atomic E-state index is 12.8. The molecule has 0 radical (unpaired) electrons. The monoisotopic (exact) mass is 368 g/mol. The first kappa shape index (κ1) is 15.8. The molecular weight excluding hydrogens is 356 g/mol. The number of benzene rings is 1. The Morgan fingerprint density at radius 3 is 2.76 bits per heavy atom. The molecule has 1 N–H and O–H groups in total. The zero-order valence-corrected chi connectivity index (χ0v) is 14.8. The minimum Gasteiger partial charge on any atom is -0.305 e. The largest absolute Gasteiger partial charge is 0.305 e. The summed E-state index contributed by atoms with van der Waals surface area (Å²) in [6, 6.07) is 14.9. The van der Waals surface area contributed by atoms with Crippen LogP contribution in [0.4, 0.5) is 5.82 Å². The molecule has 1 aromatic carbocycles. The molecule has 4 rings (SSSR count). The van der Waals surface area contributed by atoms with Crippen molar-refractivity contribution < 1.29 is 4.79 Å². The van der Waals surface area contributed by atoms with E-state index in [1.54, 1.807) is 30.1 Å². The van der Waals surface area contributed by atoms with Gasteiger partial charge in [0.25, 0.3) is 5.91 Å².